The van der Waals surface area contributed by atoms with Gasteiger partial charge in [-0.2, -0.15) is 0 Å². The van der Waals surface area contributed by atoms with Gasteiger partial charge in [-0.05, 0) is 24.1 Å². The normalized spacial score (nSPS) is 18.0. The summed E-state index contributed by atoms with van der Waals surface area (Å²) in [6.07, 6.45) is 6.17. The van der Waals surface area contributed by atoms with Crippen molar-refractivity contribution in [3.63, 3.8) is 0 Å². The van der Waals surface area contributed by atoms with Crippen molar-refractivity contribution in [2.24, 2.45) is 0 Å². The van der Waals surface area contributed by atoms with Crippen molar-refractivity contribution in [3.8, 4) is 0 Å². The number of carbonyl (C=O) groups excluding carboxylic acids is 1. The van der Waals surface area contributed by atoms with E-state index in [9.17, 15) is 4.79 Å². The Morgan fingerprint density at radius 3 is 2.53 bits per heavy atom. The molecule has 15 heavy (non-hydrogen) atoms. The van der Waals surface area contributed by atoms with Crippen molar-refractivity contribution in [2.75, 3.05) is 19.6 Å². The van der Waals surface area contributed by atoms with Crippen LogP contribution in [0.5, 0.6) is 0 Å². The number of nitrogens with zero attached hydrogens (tertiary/aromatic N) is 2. The summed E-state index contributed by atoms with van der Waals surface area (Å²) in [4.78, 5) is 17.4. The number of likely N-dealkylation sites (tertiary alicyclic amines) is 1. The fraction of sp³-hybridized carbons (Fsp3) is 0.500. The van der Waals surface area contributed by atoms with Crippen molar-refractivity contribution in [1.29, 1.82) is 0 Å². The highest BCUT2D eigenvalue weighted by atomic mass is 16.1. The number of pyridine rings is 1. The molecule has 1 aromatic heterocycles. The van der Waals surface area contributed by atoms with Crippen LogP contribution in [-0.4, -0.2) is 35.3 Å². The van der Waals surface area contributed by atoms with Crippen LogP contribution in [-0.2, 0) is 11.2 Å². The highest BCUT2D eigenvalue weighted by Crippen LogP contribution is 2.07. The molecule has 3 nitrogen and oxygen atoms in total. The van der Waals surface area contributed by atoms with Crippen molar-refractivity contribution < 1.29 is 4.79 Å². The summed E-state index contributed by atoms with van der Waals surface area (Å²) in [6.45, 7) is 2.92. The third-order valence-corrected chi connectivity index (χ3v) is 2.88. The number of carbonyl (C=O) groups is 1. The van der Waals surface area contributed by atoms with Crippen LogP contribution in [0.15, 0.2) is 24.5 Å². The Morgan fingerprint density at radius 2 is 1.87 bits per heavy atom. The SMILES string of the molecule is O=C1CCN(CCc2ccncc2)CC1. The molecule has 0 bridgehead atoms. The van der Waals surface area contributed by atoms with Crippen molar-refractivity contribution in [1.82, 2.24) is 9.88 Å². The van der Waals surface area contributed by atoms with E-state index in [0.29, 0.717) is 5.78 Å². The van der Waals surface area contributed by atoms with E-state index in [1.807, 2.05) is 12.4 Å². The van der Waals surface area contributed by atoms with Crippen LogP contribution in [0.2, 0.25) is 0 Å². The molecule has 1 aromatic rings. The van der Waals surface area contributed by atoms with Gasteiger partial charge in [0.05, 0.1) is 0 Å². The molecule has 0 aromatic carbocycles. The zero-order chi connectivity index (χ0) is 10.5. The zero-order valence-corrected chi connectivity index (χ0v) is 8.85. The summed E-state index contributed by atoms with van der Waals surface area (Å²) in [5, 5.41) is 0. The third kappa shape index (κ3) is 3.13. The number of aromatic nitrogens is 1. The molecule has 1 fully saturated rings. The second-order valence-corrected chi connectivity index (χ2v) is 3.99. The molecule has 0 atom stereocenters. The molecule has 2 heterocycles. The average molecular weight is 204 g/mol. The van der Waals surface area contributed by atoms with E-state index in [1.54, 1.807) is 0 Å². The van der Waals surface area contributed by atoms with Crippen LogP contribution in [0.25, 0.3) is 0 Å². The van der Waals surface area contributed by atoms with E-state index >= 15 is 0 Å². The van der Waals surface area contributed by atoms with Gasteiger partial charge in [0.1, 0.15) is 5.78 Å². The monoisotopic (exact) mass is 204 g/mol. The van der Waals surface area contributed by atoms with Gasteiger partial charge in [-0.3, -0.25) is 9.78 Å². The molecule has 0 N–H and O–H groups in total. The maximum Gasteiger partial charge on any atom is 0.135 e. The summed E-state index contributed by atoms with van der Waals surface area (Å²) in [5.41, 5.74) is 1.32. The lowest BCUT2D eigenvalue weighted by Gasteiger charge is -2.25. The Labute approximate surface area is 90.1 Å². The van der Waals surface area contributed by atoms with Gasteiger partial charge in [-0.25, -0.2) is 0 Å². The Bertz CT molecular complexity index is 314. The van der Waals surface area contributed by atoms with Gasteiger partial charge >= 0.3 is 0 Å². The number of rotatable bonds is 3. The van der Waals surface area contributed by atoms with Gasteiger partial charge in [0.25, 0.3) is 0 Å². The standard InChI is InChI=1S/C12H16N2O/c15-12-4-9-14(10-5-12)8-3-11-1-6-13-7-2-11/h1-2,6-7H,3-5,8-10H2. The molecule has 0 aliphatic carbocycles. The third-order valence-electron chi connectivity index (χ3n) is 2.88. The van der Waals surface area contributed by atoms with Crippen LogP contribution in [0, 0.1) is 0 Å². The maximum atomic E-state index is 11.0. The lowest BCUT2D eigenvalue weighted by Crippen LogP contribution is -2.35. The van der Waals surface area contributed by atoms with Gasteiger partial charge in [-0.15, -0.1) is 0 Å². The fourth-order valence-electron chi connectivity index (χ4n) is 1.86. The van der Waals surface area contributed by atoms with Crippen molar-refractivity contribution >= 4 is 5.78 Å². The summed E-state index contributed by atoms with van der Waals surface area (Å²) in [5.74, 6) is 0.412. The largest absolute Gasteiger partial charge is 0.302 e. The first-order valence-corrected chi connectivity index (χ1v) is 5.47. The van der Waals surface area contributed by atoms with E-state index < -0.39 is 0 Å². The minimum atomic E-state index is 0.412. The van der Waals surface area contributed by atoms with E-state index in [0.717, 1.165) is 38.9 Å². The van der Waals surface area contributed by atoms with E-state index in [-0.39, 0.29) is 0 Å². The average Bonchev–Trinajstić information content (AvgIpc) is 2.30. The Morgan fingerprint density at radius 1 is 1.20 bits per heavy atom. The van der Waals surface area contributed by atoms with Gasteiger partial charge in [0.15, 0.2) is 0 Å². The molecule has 0 unspecified atom stereocenters. The van der Waals surface area contributed by atoms with Gasteiger partial charge in [-0.1, -0.05) is 0 Å². The topological polar surface area (TPSA) is 33.2 Å². The van der Waals surface area contributed by atoms with Crippen LogP contribution in [0.4, 0.5) is 0 Å². The molecular weight excluding hydrogens is 188 g/mol. The second-order valence-electron chi connectivity index (χ2n) is 3.99. The molecule has 0 amide bonds. The highest BCUT2D eigenvalue weighted by molar-refractivity contribution is 5.79. The Balaban J connectivity index is 1.77. The Hall–Kier alpha value is -1.22. The summed E-state index contributed by atoms with van der Waals surface area (Å²) in [6, 6.07) is 4.10. The summed E-state index contributed by atoms with van der Waals surface area (Å²) in [7, 11) is 0. The zero-order valence-electron chi connectivity index (χ0n) is 8.85. The lowest BCUT2D eigenvalue weighted by molar-refractivity contribution is -0.121. The number of hydrogen-bond acceptors (Lipinski definition) is 3. The minimum absolute atomic E-state index is 0.412. The predicted molar refractivity (Wildman–Crippen MR) is 58.6 cm³/mol. The number of Topliss-reactive ketones (excluding diaryl/α,β-unsaturated/α-hetero) is 1. The molecule has 2 rings (SSSR count). The van der Waals surface area contributed by atoms with Crippen LogP contribution >= 0.6 is 0 Å². The van der Waals surface area contributed by atoms with Gasteiger partial charge in [0, 0.05) is 44.9 Å². The highest BCUT2D eigenvalue weighted by Gasteiger charge is 2.15. The van der Waals surface area contributed by atoms with Crippen LogP contribution in [0.3, 0.4) is 0 Å². The van der Waals surface area contributed by atoms with Crippen molar-refractivity contribution in [2.45, 2.75) is 19.3 Å². The quantitative estimate of drug-likeness (QED) is 0.744. The fourth-order valence-corrected chi connectivity index (χ4v) is 1.86. The number of ketones is 1. The molecular formula is C12H16N2O. The van der Waals surface area contributed by atoms with Crippen molar-refractivity contribution in [3.05, 3.63) is 30.1 Å². The first kappa shape index (κ1) is 10.3. The summed E-state index contributed by atoms with van der Waals surface area (Å²) >= 11 is 0. The van der Waals surface area contributed by atoms with E-state index in [2.05, 4.69) is 22.0 Å². The molecule has 0 radical (unpaired) electrons. The molecule has 0 spiro atoms. The smallest absolute Gasteiger partial charge is 0.135 e. The molecule has 1 aliphatic heterocycles. The summed E-state index contributed by atoms with van der Waals surface area (Å²) < 4.78 is 0. The number of piperidine rings is 1. The molecule has 1 aliphatic rings. The van der Waals surface area contributed by atoms with Gasteiger partial charge in [0.2, 0.25) is 0 Å². The first-order chi connectivity index (χ1) is 7.34. The van der Waals surface area contributed by atoms with E-state index in [4.69, 9.17) is 0 Å². The molecule has 3 heteroatoms. The second kappa shape index (κ2) is 5.03. The molecule has 80 valence electrons. The van der Waals surface area contributed by atoms with E-state index in [1.165, 1.54) is 5.56 Å². The van der Waals surface area contributed by atoms with Crippen LogP contribution in [0.1, 0.15) is 18.4 Å². The predicted octanol–water partition coefficient (Wildman–Crippen LogP) is 1.29. The molecule has 0 saturated carbocycles. The van der Waals surface area contributed by atoms with Gasteiger partial charge < -0.3 is 4.90 Å². The Kier molecular flexibility index (Phi) is 3.45. The molecule has 1 saturated heterocycles. The first-order valence-electron chi connectivity index (χ1n) is 5.47. The lowest BCUT2D eigenvalue weighted by atomic mass is 10.1. The maximum absolute atomic E-state index is 11.0. The minimum Gasteiger partial charge on any atom is -0.302 e. The number of hydrogen-bond donors (Lipinski definition) is 0. The van der Waals surface area contributed by atoms with Crippen LogP contribution < -0.4 is 0 Å².